The Morgan fingerprint density at radius 2 is 2.24 bits per heavy atom. The molecule has 1 saturated carbocycles. The van der Waals surface area contributed by atoms with Gasteiger partial charge in [0.25, 0.3) is 0 Å². The quantitative estimate of drug-likeness (QED) is 0.851. The number of piperidine rings is 1. The van der Waals surface area contributed by atoms with Crippen LogP contribution in [0.5, 0.6) is 5.75 Å². The van der Waals surface area contributed by atoms with Gasteiger partial charge in [0.15, 0.2) is 0 Å². The maximum absolute atomic E-state index is 11.8. The molecule has 0 spiro atoms. The molecule has 0 unspecified atom stereocenters. The van der Waals surface area contributed by atoms with Crippen LogP contribution in [-0.2, 0) is 21.4 Å². The molecule has 0 amide bonds. The van der Waals surface area contributed by atoms with E-state index in [2.05, 4.69) is 11.0 Å². The Kier molecular flexibility index (Phi) is 4.48. The molecule has 4 nitrogen and oxygen atoms in total. The molecule has 4 heteroatoms. The Morgan fingerprint density at radius 3 is 3.08 bits per heavy atom. The van der Waals surface area contributed by atoms with E-state index in [0.717, 1.165) is 25.9 Å². The van der Waals surface area contributed by atoms with E-state index < -0.39 is 0 Å². The fourth-order valence-corrected chi connectivity index (χ4v) is 5.82. The summed E-state index contributed by atoms with van der Waals surface area (Å²) >= 11 is 0. The zero-order valence-corrected chi connectivity index (χ0v) is 15.2. The number of carbonyl (C=O) groups excluding carboxylic acids is 1. The number of aromatic hydroxyl groups is 1. The highest BCUT2D eigenvalue weighted by molar-refractivity contribution is 5.69. The van der Waals surface area contributed by atoms with Gasteiger partial charge in [-0.05, 0) is 68.3 Å². The van der Waals surface area contributed by atoms with Gasteiger partial charge in [-0.2, -0.15) is 0 Å². The van der Waals surface area contributed by atoms with Gasteiger partial charge in [0.1, 0.15) is 5.75 Å². The summed E-state index contributed by atoms with van der Waals surface area (Å²) in [4.78, 5) is 14.3. The van der Waals surface area contributed by atoms with Crippen LogP contribution in [-0.4, -0.2) is 41.7 Å². The van der Waals surface area contributed by atoms with Gasteiger partial charge in [-0.15, -0.1) is 0 Å². The number of phenols is 1. The van der Waals surface area contributed by atoms with Crippen LogP contribution in [0.4, 0.5) is 0 Å². The Bertz CT molecular complexity index is 659. The zero-order chi connectivity index (χ0) is 17.4. The second-order valence-electron chi connectivity index (χ2n) is 7.96. The second-order valence-corrected chi connectivity index (χ2v) is 7.96. The minimum Gasteiger partial charge on any atom is -0.508 e. The molecule has 4 rings (SSSR count). The lowest BCUT2D eigenvalue weighted by Gasteiger charge is -2.59. The molecule has 25 heavy (non-hydrogen) atoms. The van der Waals surface area contributed by atoms with E-state index in [9.17, 15) is 9.90 Å². The molecule has 1 aromatic carbocycles. The summed E-state index contributed by atoms with van der Waals surface area (Å²) in [6.07, 6.45) is 7.81. The SMILES string of the molecule is CCOC(=O)CCN1CC[C@@]23CCCC[C@H]2[C@@H]1Cc1ccc(O)cc13. The third-order valence-corrected chi connectivity index (χ3v) is 6.84. The number of phenolic OH excluding ortho intramolecular Hbond substituents is 1. The number of fused-ring (bicyclic) bond motifs is 1. The average Bonchev–Trinajstić information content (AvgIpc) is 2.62. The highest BCUT2D eigenvalue weighted by atomic mass is 16.5. The standard InChI is InChI=1S/C21H29NO3/c1-2-25-20(24)8-11-22-12-10-21-9-4-3-5-17(21)19(22)13-15-6-7-16(23)14-18(15)21/h6-7,14,17,19,23H,2-5,8-13H2,1H3/t17-,19-,21-/m0/s1. The summed E-state index contributed by atoms with van der Waals surface area (Å²) in [5.41, 5.74) is 3.07. The van der Waals surface area contributed by atoms with Gasteiger partial charge < -0.3 is 9.84 Å². The first-order chi connectivity index (χ1) is 12.1. The maximum Gasteiger partial charge on any atom is 0.307 e. The van der Waals surface area contributed by atoms with Crippen LogP contribution >= 0.6 is 0 Å². The van der Waals surface area contributed by atoms with E-state index in [-0.39, 0.29) is 11.4 Å². The van der Waals surface area contributed by atoms with Crippen molar-refractivity contribution >= 4 is 5.97 Å². The van der Waals surface area contributed by atoms with Gasteiger partial charge in [-0.3, -0.25) is 9.69 Å². The minimum atomic E-state index is -0.0795. The molecule has 1 N–H and O–H groups in total. The summed E-state index contributed by atoms with van der Waals surface area (Å²) in [6.45, 7) is 4.19. The summed E-state index contributed by atoms with van der Waals surface area (Å²) in [5, 5.41) is 10.1. The Balaban J connectivity index is 1.61. The molecule has 1 aromatic rings. The van der Waals surface area contributed by atoms with E-state index in [4.69, 9.17) is 4.74 Å². The lowest BCUT2D eigenvalue weighted by Crippen LogP contribution is -2.61. The van der Waals surface area contributed by atoms with E-state index in [0.29, 0.717) is 30.7 Å². The third kappa shape index (κ3) is 2.84. The van der Waals surface area contributed by atoms with Crippen molar-refractivity contribution in [2.75, 3.05) is 19.7 Å². The molecule has 1 aliphatic heterocycles. The zero-order valence-electron chi connectivity index (χ0n) is 15.2. The molecular formula is C21H29NO3. The van der Waals surface area contributed by atoms with Gasteiger partial charge in [0.05, 0.1) is 13.0 Å². The van der Waals surface area contributed by atoms with Crippen molar-refractivity contribution in [3.8, 4) is 5.75 Å². The molecule has 0 aromatic heterocycles. The highest BCUT2D eigenvalue weighted by Gasteiger charge is 2.53. The van der Waals surface area contributed by atoms with Crippen molar-refractivity contribution in [1.29, 1.82) is 0 Å². The number of hydrogen-bond acceptors (Lipinski definition) is 4. The number of rotatable bonds is 4. The fraction of sp³-hybridized carbons (Fsp3) is 0.667. The number of hydrogen-bond donors (Lipinski definition) is 1. The van der Waals surface area contributed by atoms with Gasteiger partial charge in [0.2, 0.25) is 0 Å². The van der Waals surface area contributed by atoms with E-state index in [1.165, 1.54) is 36.8 Å². The topological polar surface area (TPSA) is 49.8 Å². The monoisotopic (exact) mass is 343 g/mol. The van der Waals surface area contributed by atoms with Crippen LogP contribution < -0.4 is 0 Å². The summed E-state index contributed by atoms with van der Waals surface area (Å²) in [6, 6.07) is 6.52. The molecule has 0 radical (unpaired) electrons. The van der Waals surface area contributed by atoms with Crippen molar-refractivity contribution < 1.29 is 14.6 Å². The largest absolute Gasteiger partial charge is 0.508 e. The maximum atomic E-state index is 11.8. The first kappa shape index (κ1) is 16.9. The Hall–Kier alpha value is -1.55. The van der Waals surface area contributed by atoms with Gasteiger partial charge in [-0.25, -0.2) is 0 Å². The van der Waals surface area contributed by atoms with Crippen molar-refractivity contribution in [3.05, 3.63) is 29.3 Å². The second kappa shape index (κ2) is 6.64. The van der Waals surface area contributed by atoms with Crippen LogP contribution in [0.2, 0.25) is 0 Å². The van der Waals surface area contributed by atoms with Gasteiger partial charge >= 0.3 is 5.97 Å². The number of carbonyl (C=O) groups is 1. The van der Waals surface area contributed by atoms with Gasteiger partial charge in [-0.1, -0.05) is 18.9 Å². The predicted molar refractivity (Wildman–Crippen MR) is 96.7 cm³/mol. The van der Waals surface area contributed by atoms with Crippen molar-refractivity contribution in [1.82, 2.24) is 4.90 Å². The molecule has 2 fully saturated rings. The molecule has 136 valence electrons. The first-order valence-electron chi connectivity index (χ1n) is 9.86. The molecule has 3 aliphatic rings. The highest BCUT2D eigenvalue weighted by Crippen LogP contribution is 2.56. The van der Waals surface area contributed by atoms with Crippen LogP contribution in [0.15, 0.2) is 18.2 Å². The van der Waals surface area contributed by atoms with E-state index in [1.54, 1.807) is 0 Å². The fourth-order valence-electron chi connectivity index (χ4n) is 5.82. The summed E-state index contributed by atoms with van der Waals surface area (Å²) in [7, 11) is 0. The third-order valence-electron chi connectivity index (χ3n) is 6.84. The molecule has 2 aliphatic carbocycles. The lowest BCUT2D eigenvalue weighted by molar-refractivity contribution is -0.144. The van der Waals surface area contributed by atoms with Crippen molar-refractivity contribution in [3.63, 3.8) is 0 Å². The minimum absolute atomic E-state index is 0.0795. The Labute approximate surface area is 150 Å². The molecule has 3 atom stereocenters. The number of ether oxygens (including phenoxy) is 1. The van der Waals surface area contributed by atoms with Crippen molar-refractivity contribution in [2.45, 2.75) is 63.3 Å². The number of nitrogens with zero attached hydrogens (tertiary/aromatic N) is 1. The van der Waals surface area contributed by atoms with Crippen LogP contribution in [0.1, 0.15) is 56.6 Å². The molecule has 1 saturated heterocycles. The average molecular weight is 343 g/mol. The van der Waals surface area contributed by atoms with Gasteiger partial charge in [0, 0.05) is 18.0 Å². The van der Waals surface area contributed by atoms with Crippen LogP contribution in [0.3, 0.4) is 0 Å². The lowest BCUT2D eigenvalue weighted by atomic mass is 9.52. The molecule has 1 heterocycles. The van der Waals surface area contributed by atoms with Crippen LogP contribution in [0.25, 0.3) is 0 Å². The first-order valence-corrected chi connectivity index (χ1v) is 9.86. The number of likely N-dealkylation sites (tertiary alicyclic amines) is 1. The van der Waals surface area contributed by atoms with Crippen LogP contribution in [0, 0.1) is 5.92 Å². The predicted octanol–water partition coefficient (Wildman–Crippen LogP) is 3.40. The molecule has 2 bridgehead atoms. The van der Waals surface area contributed by atoms with E-state index >= 15 is 0 Å². The number of esters is 1. The summed E-state index contributed by atoms with van der Waals surface area (Å²) in [5.74, 6) is 0.983. The Morgan fingerprint density at radius 1 is 1.36 bits per heavy atom. The number of benzene rings is 1. The summed E-state index contributed by atoms with van der Waals surface area (Å²) < 4.78 is 5.12. The molecular weight excluding hydrogens is 314 g/mol. The van der Waals surface area contributed by atoms with E-state index in [1.807, 2.05) is 19.1 Å². The van der Waals surface area contributed by atoms with Crippen molar-refractivity contribution in [2.24, 2.45) is 5.92 Å². The normalized spacial score (nSPS) is 31.1. The smallest absolute Gasteiger partial charge is 0.307 e.